The number of carboxylic acids is 1. The molecule has 20 heavy (non-hydrogen) atoms. The first-order valence-electron chi connectivity index (χ1n) is 6.66. The van der Waals surface area contributed by atoms with Gasteiger partial charge in [0.25, 0.3) is 0 Å². The molecule has 102 valence electrons. The van der Waals surface area contributed by atoms with Crippen molar-refractivity contribution in [3.63, 3.8) is 0 Å². The van der Waals surface area contributed by atoms with Gasteiger partial charge < -0.3 is 15.4 Å². The first kappa shape index (κ1) is 12.7. The monoisotopic (exact) mass is 268 g/mol. The number of rotatable bonds is 4. The molecule has 3 N–H and O–H groups in total. The number of nitrogens with two attached hydrogens (primary N) is 1. The van der Waals surface area contributed by atoms with Gasteiger partial charge in [0.2, 0.25) is 0 Å². The van der Waals surface area contributed by atoms with Gasteiger partial charge in [0.1, 0.15) is 0 Å². The molecule has 0 aliphatic heterocycles. The maximum Gasteiger partial charge on any atom is 0.335 e. The SMILES string of the molecule is NCCCn1c2ccccc2c2ccc(C(=O)O)cc21. The highest BCUT2D eigenvalue weighted by atomic mass is 16.4. The van der Waals surface area contributed by atoms with E-state index in [0.717, 1.165) is 34.8 Å². The van der Waals surface area contributed by atoms with Gasteiger partial charge in [-0.05, 0) is 31.2 Å². The van der Waals surface area contributed by atoms with Crippen LogP contribution in [0.2, 0.25) is 0 Å². The molecule has 0 aliphatic carbocycles. The van der Waals surface area contributed by atoms with Crippen LogP contribution in [-0.2, 0) is 6.54 Å². The van der Waals surface area contributed by atoms with E-state index in [2.05, 4.69) is 16.7 Å². The molecule has 0 radical (unpaired) electrons. The van der Waals surface area contributed by atoms with Crippen molar-refractivity contribution >= 4 is 27.8 Å². The van der Waals surface area contributed by atoms with Crippen LogP contribution in [0.4, 0.5) is 0 Å². The van der Waals surface area contributed by atoms with Gasteiger partial charge in [0.15, 0.2) is 0 Å². The fourth-order valence-electron chi connectivity index (χ4n) is 2.67. The summed E-state index contributed by atoms with van der Waals surface area (Å²) < 4.78 is 2.16. The number of benzene rings is 2. The average Bonchev–Trinajstić information content (AvgIpc) is 2.78. The van der Waals surface area contributed by atoms with E-state index >= 15 is 0 Å². The molecular formula is C16H16N2O2. The van der Waals surface area contributed by atoms with Crippen molar-refractivity contribution in [1.29, 1.82) is 0 Å². The van der Waals surface area contributed by atoms with Gasteiger partial charge in [-0.2, -0.15) is 0 Å². The summed E-state index contributed by atoms with van der Waals surface area (Å²) in [7, 11) is 0. The minimum atomic E-state index is -0.900. The molecule has 0 amide bonds. The number of fused-ring (bicyclic) bond motifs is 3. The van der Waals surface area contributed by atoms with Gasteiger partial charge in [-0.1, -0.05) is 24.3 Å². The third kappa shape index (κ3) is 1.94. The zero-order valence-corrected chi connectivity index (χ0v) is 11.0. The largest absolute Gasteiger partial charge is 0.478 e. The highest BCUT2D eigenvalue weighted by molar-refractivity contribution is 6.09. The van der Waals surface area contributed by atoms with Gasteiger partial charge >= 0.3 is 5.97 Å². The summed E-state index contributed by atoms with van der Waals surface area (Å²) in [6.45, 7) is 1.41. The Hall–Kier alpha value is -2.33. The fraction of sp³-hybridized carbons (Fsp3) is 0.188. The van der Waals surface area contributed by atoms with Crippen molar-refractivity contribution in [3.05, 3.63) is 48.0 Å². The number of carbonyl (C=O) groups is 1. The number of nitrogens with zero attached hydrogens (tertiary/aromatic N) is 1. The highest BCUT2D eigenvalue weighted by Gasteiger charge is 2.12. The van der Waals surface area contributed by atoms with E-state index in [9.17, 15) is 4.79 Å². The summed E-state index contributed by atoms with van der Waals surface area (Å²) >= 11 is 0. The molecule has 0 fully saturated rings. The summed E-state index contributed by atoms with van der Waals surface area (Å²) in [5.41, 5.74) is 8.00. The number of para-hydroxylation sites is 1. The Labute approximate surface area is 116 Å². The predicted molar refractivity (Wildman–Crippen MR) is 80.1 cm³/mol. The van der Waals surface area contributed by atoms with Crippen LogP contribution in [0.15, 0.2) is 42.5 Å². The Morgan fingerprint density at radius 2 is 1.85 bits per heavy atom. The lowest BCUT2D eigenvalue weighted by Gasteiger charge is -2.06. The van der Waals surface area contributed by atoms with Gasteiger partial charge in [-0.25, -0.2) is 4.79 Å². The average molecular weight is 268 g/mol. The topological polar surface area (TPSA) is 68.2 Å². The van der Waals surface area contributed by atoms with Crippen molar-refractivity contribution in [2.24, 2.45) is 5.73 Å². The normalized spacial score (nSPS) is 11.2. The highest BCUT2D eigenvalue weighted by Crippen LogP contribution is 2.29. The lowest BCUT2D eigenvalue weighted by Crippen LogP contribution is -2.06. The number of hydrogen-bond donors (Lipinski definition) is 2. The molecule has 4 heteroatoms. The second-order valence-electron chi connectivity index (χ2n) is 4.85. The summed E-state index contributed by atoms with van der Waals surface area (Å²) in [5, 5.41) is 11.4. The first-order chi connectivity index (χ1) is 9.72. The number of aromatic nitrogens is 1. The molecule has 0 unspecified atom stereocenters. The van der Waals surface area contributed by atoms with Gasteiger partial charge in [0.05, 0.1) is 5.56 Å². The molecule has 0 bridgehead atoms. The molecule has 0 spiro atoms. The molecular weight excluding hydrogens is 252 g/mol. The molecule has 0 aliphatic rings. The maximum absolute atomic E-state index is 11.2. The van der Waals surface area contributed by atoms with Crippen molar-refractivity contribution in [1.82, 2.24) is 4.57 Å². The molecule has 0 atom stereocenters. The van der Waals surface area contributed by atoms with Crippen LogP contribution in [0.25, 0.3) is 21.8 Å². The van der Waals surface area contributed by atoms with Crippen LogP contribution >= 0.6 is 0 Å². The van der Waals surface area contributed by atoms with Crippen LogP contribution in [0.1, 0.15) is 16.8 Å². The minimum absolute atomic E-state index is 0.314. The second kappa shape index (κ2) is 4.98. The summed E-state index contributed by atoms with van der Waals surface area (Å²) in [4.78, 5) is 11.2. The van der Waals surface area contributed by atoms with Crippen molar-refractivity contribution in [3.8, 4) is 0 Å². The van der Waals surface area contributed by atoms with E-state index in [0.29, 0.717) is 12.1 Å². The Balaban J connectivity index is 2.33. The molecule has 0 saturated carbocycles. The van der Waals surface area contributed by atoms with Crippen LogP contribution in [-0.4, -0.2) is 22.2 Å². The zero-order chi connectivity index (χ0) is 14.1. The van der Waals surface area contributed by atoms with Gasteiger partial charge in [-0.3, -0.25) is 0 Å². The van der Waals surface area contributed by atoms with E-state index < -0.39 is 5.97 Å². The fourth-order valence-corrected chi connectivity index (χ4v) is 2.67. The van der Waals surface area contributed by atoms with Crippen molar-refractivity contribution in [2.75, 3.05) is 6.54 Å². The third-order valence-corrected chi connectivity index (χ3v) is 3.61. The van der Waals surface area contributed by atoms with Crippen molar-refractivity contribution in [2.45, 2.75) is 13.0 Å². The van der Waals surface area contributed by atoms with E-state index in [4.69, 9.17) is 10.8 Å². The summed E-state index contributed by atoms with van der Waals surface area (Å²) in [5.74, 6) is -0.900. The van der Waals surface area contributed by atoms with Crippen LogP contribution in [0, 0.1) is 0 Å². The lowest BCUT2D eigenvalue weighted by molar-refractivity contribution is 0.0697. The minimum Gasteiger partial charge on any atom is -0.478 e. The maximum atomic E-state index is 11.2. The third-order valence-electron chi connectivity index (χ3n) is 3.61. The lowest BCUT2D eigenvalue weighted by atomic mass is 10.1. The smallest absolute Gasteiger partial charge is 0.335 e. The van der Waals surface area contributed by atoms with E-state index in [1.54, 1.807) is 12.1 Å². The van der Waals surface area contributed by atoms with Gasteiger partial charge in [-0.15, -0.1) is 0 Å². The molecule has 2 aromatic carbocycles. The Bertz CT molecular complexity index is 790. The summed E-state index contributed by atoms with van der Waals surface area (Å²) in [6.07, 6.45) is 0.866. The van der Waals surface area contributed by atoms with Crippen LogP contribution in [0.3, 0.4) is 0 Å². The molecule has 3 rings (SSSR count). The van der Waals surface area contributed by atoms with E-state index in [1.165, 1.54) is 0 Å². The van der Waals surface area contributed by atoms with Crippen LogP contribution in [0.5, 0.6) is 0 Å². The van der Waals surface area contributed by atoms with E-state index in [-0.39, 0.29) is 0 Å². The van der Waals surface area contributed by atoms with Gasteiger partial charge in [0, 0.05) is 28.4 Å². The first-order valence-corrected chi connectivity index (χ1v) is 6.66. The molecule has 0 saturated heterocycles. The predicted octanol–water partition coefficient (Wildman–Crippen LogP) is 2.84. The standard InChI is InChI=1S/C16H16N2O2/c17-8-3-9-18-14-5-2-1-4-12(14)13-7-6-11(16(19)20)10-15(13)18/h1-2,4-7,10H,3,8-9,17H2,(H,19,20). The molecule has 1 aromatic heterocycles. The van der Waals surface area contributed by atoms with E-state index in [1.807, 2.05) is 18.2 Å². The van der Waals surface area contributed by atoms with Crippen LogP contribution < -0.4 is 5.73 Å². The van der Waals surface area contributed by atoms with Crippen molar-refractivity contribution < 1.29 is 9.90 Å². The molecule has 4 nitrogen and oxygen atoms in total. The zero-order valence-electron chi connectivity index (χ0n) is 11.0. The number of aromatic carboxylic acids is 1. The number of hydrogen-bond acceptors (Lipinski definition) is 2. The molecule has 3 aromatic rings. The summed E-state index contributed by atoms with van der Waals surface area (Å²) in [6, 6.07) is 13.4. The molecule has 1 heterocycles. The quantitative estimate of drug-likeness (QED) is 0.764. The number of carboxylic acid groups (broad SMARTS) is 1. The Morgan fingerprint density at radius 3 is 2.60 bits per heavy atom. The Morgan fingerprint density at radius 1 is 1.10 bits per heavy atom. The Kier molecular flexibility index (Phi) is 3.16. The number of aryl methyl sites for hydroxylation is 1. The second-order valence-corrected chi connectivity index (χ2v) is 4.85.